The summed E-state index contributed by atoms with van der Waals surface area (Å²) in [5.74, 6) is -1.08. The summed E-state index contributed by atoms with van der Waals surface area (Å²) >= 11 is 8.32. The highest BCUT2D eigenvalue weighted by molar-refractivity contribution is 14.1. The normalized spacial score (nSPS) is 12.4. The second-order valence-electron chi connectivity index (χ2n) is 4.72. The van der Waals surface area contributed by atoms with Crippen molar-refractivity contribution in [2.24, 2.45) is 0 Å². The van der Waals surface area contributed by atoms with Crippen LogP contribution < -0.4 is 5.32 Å². The average molecular weight is 422 g/mol. The van der Waals surface area contributed by atoms with E-state index in [2.05, 4.69) is 27.9 Å². The Hall–Kier alpha value is -0.720. The molecule has 0 saturated heterocycles. The summed E-state index contributed by atoms with van der Waals surface area (Å²) in [7, 11) is 0. The van der Waals surface area contributed by atoms with Gasteiger partial charge in [-0.05, 0) is 64.9 Å². The van der Waals surface area contributed by atoms with Crippen molar-refractivity contribution in [3.8, 4) is 0 Å². The molecule has 0 aliphatic carbocycles. The van der Waals surface area contributed by atoms with Gasteiger partial charge in [-0.15, -0.1) is 0 Å². The topological polar surface area (TPSA) is 12.0 Å². The summed E-state index contributed by atoms with van der Waals surface area (Å²) in [5.41, 5.74) is 1.48. The van der Waals surface area contributed by atoms with Crippen LogP contribution in [-0.2, 0) is 6.42 Å². The molecule has 0 spiro atoms. The van der Waals surface area contributed by atoms with Crippen LogP contribution in [-0.4, -0.2) is 6.54 Å². The molecule has 112 valence electrons. The number of hydrogen-bond acceptors (Lipinski definition) is 1. The van der Waals surface area contributed by atoms with E-state index < -0.39 is 11.6 Å². The zero-order valence-corrected chi connectivity index (χ0v) is 14.4. The van der Waals surface area contributed by atoms with Crippen LogP contribution in [0.1, 0.15) is 24.1 Å². The van der Waals surface area contributed by atoms with Crippen LogP contribution >= 0.6 is 34.2 Å². The number of hydrogen-bond donors (Lipinski definition) is 1. The van der Waals surface area contributed by atoms with E-state index in [-0.39, 0.29) is 6.04 Å². The van der Waals surface area contributed by atoms with Crippen molar-refractivity contribution >= 4 is 34.2 Å². The molecule has 0 saturated carbocycles. The molecule has 5 heteroatoms. The maximum absolute atomic E-state index is 13.8. The van der Waals surface area contributed by atoms with Gasteiger partial charge in [0.05, 0.1) is 5.02 Å². The lowest BCUT2D eigenvalue weighted by Crippen LogP contribution is -2.23. The monoisotopic (exact) mass is 421 g/mol. The van der Waals surface area contributed by atoms with E-state index in [9.17, 15) is 8.78 Å². The van der Waals surface area contributed by atoms with Crippen LogP contribution in [0.25, 0.3) is 0 Å². The van der Waals surface area contributed by atoms with Gasteiger partial charge < -0.3 is 5.32 Å². The summed E-state index contributed by atoms with van der Waals surface area (Å²) in [6.45, 7) is 2.74. The number of halogens is 4. The van der Waals surface area contributed by atoms with Crippen LogP contribution in [0.2, 0.25) is 5.02 Å². The molecular formula is C16H15ClF2IN. The summed E-state index contributed by atoms with van der Waals surface area (Å²) in [5, 5.41) is 3.99. The van der Waals surface area contributed by atoms with Gasteiger partial charge in [0.25, 0.3) is 0 Å². The van der Waals surface area contributed by atoms with E-state index in [1.165, 1.54) is 12.1 Å². The molecule has 1 unspecified atom stereocenters. The minimum atomic E-state index is -0.562. The van der Waals surface area contributed by atoms with Gasteiger partial charge in [0.15, 0.2) is 0 Å². The third-order valence-corrected chi connectivity index (χ3v) is 4.81. The molecule has 0 aliphatic rings. The SMILES string of the molecule is CCNC(Cc1ccc(F)cc1F)c1ccc(I)c(Cl)c1. The zero-order valence-electron chi connectivity index (χ0n) is 11.5. The Morgan fingerprint density at radius 1 is 1.19 bits per heavy atom. The van der Waals surface area contributed by atoms with Crippen LogP contribution in [0.5, 0.6) is 0 Å². The minimum Gasteiger partial charge on any atom is -0.310 e. The maximum Gasteiger partial charge on any atom is 0.129 e. The smallest absolute Gasteiger partial charge is 0.129 e. The van der Waals surface area contributed by atoms with E-state index >= 15 is 0 Å². The molecule has 1 N–H and O–H groups in total. The van der Waals surface area contributed by atoms with Gasteiger partial charge in [0.1, 0.15) is 11.6 Å². The Kier molecular flexibility index (Phi) is 5.96. The van der Waals surface area contributed by atoms with Crippen molar-refractivity contribution in [1.82, 2.24) is 5.32 Å². The molecule has 21 heavy (non-hydrogen) atoms. The minimum absolute atomic E-state index is 0.0653. The number of benzene rings is 2. The highest BCUT2D eigenvalue weighted by atomic mass is 127. The molecule has 0 aliphatic heterocycles. The first-order valence-electron chi connectivity index (χ1n) is 6.63. The second kappa shape index (κ2) is 7.51. The standard InChI is InChI=1S/C16H15ClF2IN/c1-2-21-16(11-4-6-15(20)13(17)7-11)8-10-3-5-12(18)9-14(10)19/h3-7,9,16,21H,2,8H2,1H3. The predicted octanol–water partition coefficient (Wildman–Crippen LogP) is 5.12. The van der Waals surface area contributed by atoms with Crippen LogP contribution in [0.4, 0.5) is 8.78 Å². The second-order valence-corrected chi connectivity index (χ2v) is 6.29. The molecule has 0 radical (unpaired) electrons. The van der Waals surface area contributed by atoms with Gasteiger partial charge in [-0.25, -0.2) is 8.78 Å². The van der Waals surface area contributed by atoms with Gasteiger partial charge in [-0.2, -0.15) is 0 Å². The Bertz CT molecular complexity index is 634. The highest BCUT2D eigenvalue weighted by Gasteiger charge is 2.15. The third kappa shape index (κ3) is 4.37. The zero-order chi connectivity index (χ0) is 15.4. The molecule has 0 bridgehead atoms. The fourth-order valence-corrected chi connectivity index (χ4v) is 2.72. The number of likely N-dealkylation sites (N-methyl/N-ethyl adjacent to an activating group) is 1. The van der Waals surface area contributed by atoms with Crippen LogP contribution in [0.15, 0.2) is 36.4 Å². The van der Waals surface area contributed by atoms with Gasteiger partial charge in [-0.1, -0.05) is 30.7 Å². The summed E-state index contributed by atoms with van der Waals surface area (Å²) in [6.07, 6.45) is 0.441. The van der Waals surface area contributed by atoms with Gasteiger partial charge >= 0.3 is 0 Å². The quantitative estimate of drug-likeness (QED) is 0.661. The summed E-state index contributed by atoms with van der Waals surface area (Å²) in [4.78, 5) is 0. The van der Waals surface area contributed by atoms with Crippen LogP contribution in [0.3, 0.4) is 0 Å². The van der Waals surface area contributed by atoms with E-state index in [1.54, 1.807) is 0 Å². The Labute approximate surface area is 141 Å². The van der Waals surface area contributed by atoms with Gasteiger partial charge in [0.2, 0.25) is 0 Å². The first-order chi connectivity index (χ1) is 10.0. The van der Waals surface area contributed by atoms with Crippen molar-refractivity contribution in [1.29, 1.82) is 0 Å². The Morgan fingerprint density at radius 2 is 1.95 bits per heavy atom. The molecule has 0 fully saturated rings. The highest BCUT2D eigenvalue weighted by Crippen LogP contribution is 2.26. The van der Waals surface area contributed by atoms with E-state index in [0.29, 0.717) is 17.0 Å². The maximum atomic E-state index is 13.8. The molecule has 2 aromatic rings. The van der Waals surface area contributed by atoms with Crippen molar-refractivity contribution in [3.63, 3.8) is 0 Å². The van der Waals surface area contributed by atoms with Gasteiger partial charge in [-0.3, -0.25) is 0 Å². The Morgan fingerprint density at radius 3 is 2.57 bits per heavy atom. The summed E-state index contributed by atoms with van der Waals surface area (Å²) in [6, 6.07) is 9.42. The van der Waals surface area contributed by atoms with E-state index in [1.807, 2.05) is 25.1 Å². The predicted molar refractivity (Wildman–Crippen MR) is 90.6 cm³/mol. The van der Waals surface area contributed by atoms with Crippen molar-refractivity contribution in [2.45, 2.75) is 19.4 Å². The largest absolute Gasteiger partial charge is 0.310 e. The molecular weight excluding hydrogens is 407 g/mol. The fraction of sp³-hybridized carbons (Fsp3) is 0.250. The number of nitrogens with one attached hydrogen (secondary N) is 1. The van der Waals surface area contributed by atoms with Crippen molar-refractivity contribution < 1.29 is 8.78 Å². The van der Waals surface area contributed by atoms with Gasteiger partial charge in [0, 0.05) is 15.7 Å². The van der Waals surface area contributed by atoms with E-state index in [4.69, 9.17) is 11.6 Å². The average Bonchev–Trinajstić information content (AvgIpc) is 2.44. The lowest BCUT2D eigenvalue weighted by Gasteiger charge is -2.19. The molecule has 1 nitrogen and oxygen atoms in total. The first-order valence-corrected chi connectivity index (χ1v) is 8.09. The molecule has 2 aromatic carbocycles. The lowest BCUT2D eigenvalue weighted by atomic mass is 9.98. The summed E-state index contributed by atoms with van der Waals surface area (Å²) < 4.78 is 27.8. The molecule has 0 heterocycles. The van der Waals surface area contributed by atoms with Crippen molar-refractivity contribution in [3.05, 3.63) is 67.8 Å². The van der Waals surface area contributed by atoms with Crippen molar-refractivity contribution in [2.75, 3.05) is 6.54 Å². The lowest BCUT2D eigenvalue weighted by molar-refractivity contribution is 0.521. The molecule has 0 aromatic heterocycles. The molecule has 0 amide bonds. The third-order valence-electron chi connectivity index (χ3n) is 3.24. The fourth-order valence-electron chi connectivity index (χ4n) is 2.19. The Balaban J connectivity index is 2.28. The molecule has 2 rings (SSSR count). The molecule has 1 atom stereocenters. The first kappa shape index (κ1) is 16.6. The van der Waals surface area contributed by atoms with Crippen LogP contribution in [0, 0.1) is 15.2 Å². The van der Waals surface area contributed by atoms with E-state index in [0.717, 1.165) is 21.7 Å². The number of rotatable bonds is 5.